The standard InChI is InChI=1S/C18H18N2O5/c1-11(21)12-3-6-14(7-4-12)20-17(22)10-25-18(23)13-5-8-16(24-2)15(19)9-13/h3-9H,10,19H2,1-2H3,(H,20,22). The van der Waals surface area contributed by atoms with Crippen molar-refractivity contribution in [1.82, 2.24) is 0 Å². The molecule has 3 N–H and O–H groups in total. The van der Waals surface area contributed by atoms with Crippen LogP contribution in [-0.4, -0.2) is 31.4 Å². The van der Waals surface area contributed by atoms with E-state index in [0.29, 0.717) is 22.7 Å². The monoisotopic (exact) mass is 342 g/mol. The predicted molar refractivity (Wildman–Crippen MR) is 92.8 cm³/mol. The van der Waals surface area contributed by atoms with Gasteiger partial charge in [0.05, 0.1) is 18.4 Å². The molecule has 0 saturated heterocycles. The van der Waals surface area contributed by atoms with Crippen LogP contribution in [0.2, 0.25) is 0 Å². The van der Waals surface area contributed by atoms with Gasteiger partial charge in [0, 0.05) is 11.3 Å². The lowest BCUT2D eigenvalue weighted by Gasteiger charge is -2.08. The number of carbonyl (C=O) groups is 3. The van der Waals surface area contributed by atoms with E-state index in [9.17, 15) is 14.4 Å². The Morgan fingerprint density at radius 1 is 1.04 bits per heavy atom. The number of benzene rings is 2. The second kappa shape index (κ2) is 7.96. The van der Waals surface area contributed by atoms with Crippen LogP contribution in [0, 0.1) is 0 Å². The first-order chi connectivity index (χ1) is 11.9. The number of nitrogen functional groups attached to an aromatic ring is 1. The lowest BCUT2D eigenvalue weighted by Crippen LogP contribution is -2.21. The number of rotatable bonds is 6. The number of amides is 1. The van der Waals surface area contributed by atoms with Gasteiger partial charge in [-0.1, -0.05) is 0 Å². The van der Waals surface area contributed by atoms with Gasteiger partial charge in [-0.3, -0.25) is 9.59 Å². The van der Waals surface area contributed by atoms with E-state index in [-0.39, 0.29) is 11.3 Å². The summed E-state index contributed by atoms with van der Waals surface area (Å²) >= 11 is 0. The summed E-state index contributed by atoms with van der Waals surface area (Å²) in [6.45, 7) is 1.01. The number of nitrogens with one attached hydrogen (secondary N) is 1. The van der Waals surface area contributed by atoms with Crippen molar-refractivity contribution in [2.75, 3.05) is 24.8 Å². The first kappa shape index (κ1) is 18.0. The fraction of sp³-hybridized carbons (Fsp3) is 0.167. The number of esters is 1. The van der Waals surface area contributed by atoms with Gasteiger partial charge in [-0.15, -0.1) is 0 Å². The zero-order chi connectivity index (χ0) is 18.4. The summed E-state index contributed by atoms with van der Waals surface area (Å²) in [5, 5.41) is 2.57. The van der Waals surface area contributed by atoms with Crippen molar-refractivity contribution in [2.45, 2.75) is 6.92 Å². The molecule has 25 heavy (non-hydrogen) atoms. The van der Waals surface area contributed by atoms with Gasteiger partial charge in [-0.05, 0) is 49.4 Å². The van der Waals surface area contributed by atoms with Gasteiger partial charge in [0.2, 0.25) is 0 Å². The smallest absolute Gasteiger partial charge is 0.338 e. The number of ether oxygens (including phenoxy) is 2. The van der Waals surface area contributed by atoms with E-state index in [0.717, 1.165) is 0 Å². The largest absolute Gasteiger partial charge is 0.495 e. The lowest BCUT2D eigenvalue weighted by atomic mass is 10.1. The highest BCUT2D eigenvalue weighted by Gasteiger charge is 2.12. The summed E-state index contributed by atoms with van der Waals surface area (Å²) in [6.07, 6.45) is 0. The van der Waals surface area contributed by atoms with Gasteiger partial charge in [0.1, 0.15) is 5.75 Å². The molecule has 7 heteroatoms. The van der Waals surface area contributed by atoms with Gasteiger partial charge in [-0.2, -0.15) is 0 Å². The number of hydrogen-bond donors (Lipinski definition) is 2. The number of Topliss-reactive ketones (excluding diaryl/α,β-unsaturated/α-hetero) is 1. The Balaban J connectivity index is 1.89. The average Bonchev–Trinajstić information content (AvgIpc) is 2.60. The topological polar surface area (TPSA) is 108 Å². The molecule has 0 spiro atoms. The molecule has 2 aromatic carbocycles. The predicted octanol–water partition coefficient (Wildman–Crippen LogP) is 2.28. The Bertz CT molecular complexity index is 800. The van der Waals surface area contributed by atoms with Crippen molar-refractivity contribution in [3.05, 3.63) is 53.6 Å². The minimum atomic E-state index is -0.670. The number of carbonyl (C=O) groups excluding carboxylic acids is 3. The molecule has 0 aliphatic heterocycles. The van der Waals surface area contributed by atoms with E-state index >= 15 is 0 Å². The summed E-state index contributed by atoms with van der Waals surface area (Å²) in [5.41, 5.74) is 7.29. The minimum absolute atomic E-state index is 0.0643. The van der Waals surface area contributed by atoms with Crippen molar-refractivity contribution in [1.29, 1.82) is 0 Å². The Morgan fingerprint density at radius 2 is 1.68 bits per heavy atom. The molecule has 0 fully saturated rings. The Kier molecular flexibility index (Phi) is 5.73. The Hall–Kier alpha value is -3.35. The molecule has 0 radical (unpaired) electrons. The highest BCUT2D eigenvalue weighted by atomic mass is 16.5. The van der Waals surface area contributed by atoms with Crippen LogP contribution >= 0.6 is 0 Å². The van der Waals surface area contributed by atoms with Crippen LogP contribution in [0.5, 0.6) is 5.75 Å². The van der Waals surface area contributed by atoms with Crippen molar-refractivity contribution in [3.63, 3.8) is 0 Å². The van der Waals surface area contributed by atoms with E-state index < -0.39 is 18.5 Å². The second-order valence-corrected chi connectivity index (χ2v) is 5.21. The van der Waals surface area contributed by atoms with E-state index in [1.54, 1.807) is 30.3 Å². The Labute approximate surface area is 144 Å². The summed E-state index contributed by atoms with van der Waals surface area (Å²) < 4.78 is 9.96. The third kappa shape index (κ3) is 4.81. The lowest BCUT2D eigenvalue weighted by molar-refractivity contribution is -0.119. The second-order valence-electron chi connectivity index (χ2n) is 5.21. The number of ketones is 1. The Morgan fingerprint density at radius 3 is 2.24 bits per heavy atom. The zero-order valence-corrected chi connectivity index (χ0v) is 13.9. The van der Waals surface area contributed by atoms with Crippen LogP contribution in [0.15, 0.2) is 42.5 Å². The van der Waals surface area contributed by atoms with Crippen LogP contribution in [0.3, 0.4) is 0 Å². The normalized spacial score (nSPS) is 10.0. The SMILES string of the molecule is COc1ccc(C(=O)OCC(=O)Nc2ccc(C(C)=O)cc2)cc1N. The number of nitrogens with two attached hydrogens (primary N) is 1. The highest BCUT2D eigenvalue weighted by molar-refractivity contribution is 5.97. The first-order valence-electron chi connectivity index (χ1n) is 7.42. The fourth-order valence-corrected chi connectivity index (χ4v) is 2.06. The fourth-order valence-electron chi connectivity index (χ4n) is 2.06. The maximum Gasteiger partial charge on any atom is 0.338 e. The molecule has 7 nitrogen and oxygen atoms in total. The van der Waals surface area contributed by atoms with Gasteiger partial charge in [0.25, 0.3) is 5.91 Å². The highest BCUT2D eigenvalue weighted by Crippen LogP contribution is 2.22. The summed E-state index contributed by atoms with van der Waals surface area (Å²) in [5.74, 6) is -0.782. The summed E-state index contributed by atoms with van der Waals surface area (Å²) in [7, 11) is 1.47. The third-order valence-electron chi connectivity index (χ3n) is 3.37. The maximum atomic E-state index is 11.9. The maximum absolute atomic E-state index is 11.9. The summed E-state index contributed by atoms with van der Waals surface area (Å²) in [6, 6.07) is 10.9. The van der Waals surface area contributed by atoms with Gasteiger partial charge >= 0.3 is 5.97 Å². The quantitative estimate of drug-likeness (QED) is 0.474. The first-order valence-corrected chi connectivity index (χ1v) is 7.42. The molecule has 0 aliphatic carbocycles. The van der Waals surface area contributed by atoms with E-state index in [1.807, 2.05) is 0 Å². The van der Waals surface area contributed by atoms with E-state index in [2.05, 4.69) is 5.32 Å². The van der Waals surface area contributed by atoms with Gasteiger partial charge < -0.3 is 20.5 Å². The van der Waals surface area contributed by atoms with Gasteiger partial charge in [-0.25, -0.2) is 4.79 Å². The number of hydrogen-bond acceptors (Lipinski definition) is 6. The van der Waals surface area contributed by atoms with Crippen LogP contribution in [0.4, 0.5) is 11.4 Å². The molecule has 0 bridgehead atoms. The van der Waals surface area contributed by atoms with Gasteiger partial charge in [0.15, 0.2) is 12.4 Å². The molecular weight excluding hydrogens is 324 g/mol. The van der Waals surface area contributed by atoms with Crippen molar-refractivity contribution in [3.8, 4) is 5.75 Å². The molecule has 0 unspecified atom stereocenters. The number of methoxy groups -OCH3 is 1. The molecule has 1 amide bonds. The zero-order valence-electron chi connectivity index (χ0n) is 13.9. The minimum Gasteiger partial charge on any atom is -0.495 e. The van der Waals surface area contributed by atoms with Crippen molar-refractivity contribution >= 4 is 29.0 Å². The molecule has 2 aromatic rings. The molecule has 130 valence electrons. The van der Waals surface area contributed by atoms with E-state index in [4.69, 9.17) is 15.2 Å². The van der Waals surface area contributed by atoms with Crippen molar-refractivity contribution in [2.24, 2.45) is 0 Å². The average molecular weight is 342 g/mol. The van der Waals surface area contributed by atoms with Crippen LogP contribution in [-0.2, 0) is 9.53 Å². The van der Waals surface area contributed by atoms with Crippen LogP contribution in [0.1, 0.15) is 27.6 Å². The molecule has 0 heterocycles. The molecule has 2 rings (SSSR count). The summed E-state index contributed by atoms with van der Waals surface area (Å²) in [4.78, 5) is 35.0. The molecular formula is C18H18N2O5. The third-order valence-corrected chi connectivity index (χ3v) is 3.37. The molecule has 0 saturated carbocycles. The van der Waals surface area contributed by atoms with E-state index in [1.165, 1.54) is 26.2 Å². The van der Waals surface area contributed by atoms with Crippen LogP contribution < -0.4 is 15.8 Å². The molecule has 0 aromatic heterocycles. The van der Waals surface area contributed by atoms with Crippen molar-refractivity contribution < 1.29 is 23.9 Å². The number of anilines is 2. The molecule has 0 aliphatic rings. The van der Waals surface area contributed by atoms with Crippen LogP contribution in [0.25, 0.3) is 0 Å². The molecule has 0 atom stereocenters.